The van der Waals surface area contributed by atoms with E-state index in [0.29, 0.717) is 5.69 Å². The molecule has 0 saturated heterocycles. The Bertz CT molecular complexity index is 684. The van der Waals surface area contributed by atoms with Crippen molar-refractivity contribution in [1.29, 1.82) is 0 Å². The molecule has 0 aliphatic heterocycles. The number of carboxylic acids is 1. The minimum absolute atomic E-state index is 0.0654. The number of urea groups is 1. The number of rotatable bonds is 3. The van der Waals surface area contributed by atoms with Crippen molar-refractivity contribution >= 4 is 35.0 Å². The van der Waals surface area contributed by atoms with Crippen molar-refractivity contribution in [2.24, 2.45) is 0 Å². The molecule has 6 heteroatoms. The fourth-order valence-electron chi connectivity index (χ4n) is 1.77. The summed E-state index contributed by atoms with van der Waals surface area (Å²) in [5, 5.41) is 14.3. The lowest BCUT2D eigenvalue weighted by molar-refractivity contribution is 0.0698. The lowest BCUT2D eigenvalue weighted by Crippen LogP contribution is -2.21. The summed E-state index contributed by atoms with van der Waals surface area (Å²) in [5.41, 5.74) is 1.68. The van der Waals surface area contributed by atoms with Crippen molar-refractivity contribution in [1.82, 2.24) is 0 Å². The highest BCUT2D eigenvalue weighted by Crippen LogP contribution is 2.24. The predicted octanol–water partition coefficient (Wildman–Crippen LogP) is 3.99. The van der Waals surface area contributed by atoms with Crippen LogP contribution in [-0.2, 0) is 0 Å². The molecule has 2 aromatic rings. The van der Waals surface area contributed by atoms with Gasteiger partial charge in [-0.15, -0.1) is 0 Å². The molecule has 0 atom stereocenters. The highest BCUT2D eigenvalue weighted by molar-refractivity contribution is 6.34. The monoisotopic (exact) mass is 304 g/mol. The molecule has 2 amide bonds. The molecule has 2 aromatic carbocycles. The van der Waals surface area contributed by atoms with Gasteiger partial charge in [-0.1, -0.05) is 35.4 Å². The second-order valence-corrected chi connectivity index (χ2v) is 4.82. The number of halogens is 1. The summed E-state index contributed by atoms with van der Waals surface area (Å²) in [6.45, 7) is 1.94. The zero-order valence-corrected chi connectivity index (χ0v) is 11.9. The summed E-state index contributed by atoms with van der Waals surface area (Å²) in [7, 11) is 0. The van der Waals surface area contributed by atoms with Gasteiger partial charge >= 0.3 is 12.0 Å². The molecule has 108 valence electrons. The Hall–Kier alpha value is -2.53. The second-order valence-electron chi connectivity index (χ2n) is 4.41. The van der Waals surface area contributed by atoms with Gasteiger partial charge in [0.2, 0.25) is 0 Å². The van der Waals surface area contributed by atoms with E-state index in [1.54, 1.807) is 18.2 Å². The summed E-state index contributed by atoms with van der Waals surface area (Å²) in [6, 6.07) is 11.2. The number of hydrogen-bond donors (Lipinski definition) is 3. The summed E-state index contributed by atoms with van der Waals surface area (Å²) < 4.78 is 0. The van der Waals surface area contributed by atoms with Gasteiger partial charge in [-0.05, 0) is 31.2 Å². The molecule has 0 fully saturated rings. The van der Waals surface area contributed by atoms with Gasteiger partial charge in [-0.3, -0.25) is 0 Å². The highest BCUT2D eigenvalue weighted by Gasteiger charge is 2.16. The molecule has 0 heterocycles. The summed E-state index contributed by atoms with van der Waals surface area (Å²) >= 11 is 5.83. The lowest BCUT2D eigenvalue weighted by atomic mass is 10.2. The summed E-state index contributed by atoms with van der Waals surface area (Å²) in [4.78, 5) is 23.1. The van der Waals surface area contributed by atoms with E-state index in [1.807, 2.05) is 19.1 Å². The first kappa shape index (κ1) is 14.9. The fraction of sp³-hybridized carbons (Fsp3) is 0.0667. The average Bonchev–Trinajstić information content (AvgIpc) is 2.41. The van der Waals surface area contributed by atoms with Gasteiger partial charge in [0.05, 0.1) is 10.7 Å². The maximum atomic E-state index is 11.9. The number of nitrogens with one attached hydrogen (secondary N) is 2. The molecule has 3 N–H and O–H groups in total. The molecule has 0 aromatic heterocycles. The van der Waals surface area contributed by atoms with E-state index in [1.165, 1.54) is 12.1 Å². The number of benzene rings is 2. The van der Waals surface area contributed by atoms with Gasteiger partial charge < -0.3 is 15.7 Å². The van der Waals surface area contributed by atoms with Crippen LogP contribution in [0.2, 0.25) is 5.02 Å². The Balaban J connectivity index is 2.15. The molecular weight excluding hydrogens is 292 g/mol. The standard InChI is InChI=1S/C15H13ClN2O3/c1-9-5-7-10(8-6-9)17-15(21)18-12-4-2-3-11(16)13(12)14(19)20/h2-8H,1H3,(H,19,20)(H2,17,18,21). The van der Waals surface area contributed by atoms with Crippen LogP contribution in [0.1, 0.15) is 15.9 Å². The number of aromatic carboxylic acids is 1. The smallest absolute Gasteiger partial charge is 0.339 e. The van der Waals surface area contributed by atoms with E-state index in [0.717, 1.165) is 5.56 Å². The molecule has 5 nitrogen and oxygen atoms in total. The molecule has 2 rings (SSSR count). The Kier molecular flexibility index (Phi) is 4.45. The summed E-state index contributed by atoms with van der Waals surface area (Å²) in [6.07, 6.45) is 0. The van der Waals surface area contributed by atoms with Crippen LogP contribution < -0.4 is 10.6 Å². The van der Waals surface area contributed by atoms with Gasteiger partial charge in [-0.2, -0.15) is 0 Å². The first-order valence-corrected chi connectivity index (χ1v) is 6.51. The predicted molar refractivity (Wildman–Crippen MR) is 82.2 cm³/mol. The molecule has 0 aliphatic carbocycles. The Morgan fingerprint density at radius 1 is 1.05 bits per heavy atom. The van der Waals surface area contributed by atoms with Gasteiger partial charge in [0.25, 0.3) is 0 Å². The van der Waals surface area contributed by atoms with Crippen molar-refractivity contribution < 1.29 is 14.7 Å². The normalized spacial score (nSPS) is 10.0. The van der Waals surface area contributed by atoms with E-state index in [9.17, 15) is 9.59 Å². The SMILES string of the molecule is Cc1ccc(NC(=O)Nc2cccc(Cl)c2C(=O)O)cc1. The van der Waals surface area contributed by atoms with Crippen LogP contribution in [-0.4, -0.2) is 17.1 Å². The minimum Gasteiger partial charge on any atom is -0.478 e. The van der Waals surface area contributed by atoms with Crippen LogP contribution in [0, 0.1) is 6.92 Å². The van der Waals surface area contributed by atoms with Crippen LogP contribution in [0.4, 0.5) is 16.2 Å². The number of amides is 2. The molecule has 0 radical (unpaired) electrons. The highest BCUT2D eigenvalue weighted by atomic mass is 35.5. The molecule has 0 bridgehead atoms. The maximum Gasteiger partial charge on any atom is 0.339 e. The largest absolute Gasteiger partial charge is 0.478 e. The van der Waals surface area contributed by atoms with Crippen LogP contribution in [0.15, 0.2) is 42.5 Å². The zero-order valence-electron chi connectivity index (χ0n) is 11.2. The Morgan fingerprint density at radius 2 is 1.71 bits per heavy atom. The van der Waals surface area contributed by atoms with Crippen molar-refractivity contribution in [3.8, 4) is 0 Å². The number of carbonyl (C=O) groups excluding carboxylic acids is 1. The Morgan fingerprint density at radius 3 is 2.33 bits per heavy atom. The van der Waals surface area contributed by atoms with Crippen LogP contribution in [0.3, 0.4) is 0 Å². The van der Waals surface area contributed by atoms with Crippen LogP contribution in [0.5, 0.6) is 0 Å². The van der Waals surface area contributed by atoms with E-state index in [2.05, 4.69) is 10.6 Å². The summed E-state index contributed by atoms with van der Waals surface area (Å²) in [5.74, 6) is -1.20. The third kappa shape index (κ3) is 3.73. The Labute approximate surface area is 126 Å². The van der Waals surface area contributed by atoms with E-state index < -0.39 is 12.0 Å². The zero-order chi connectivity index (χ0) is 15.4. The maximum absolute atomic E-state index is 11.9. The van der Waals surface area contributed by atoms with Gasteiger partial charge in [-0.25, -0.2) is 9.59 Å². The topological polar surface area (TPSA) is 78.4 Å². The molecule has 21 heavy (non-hydrogen) atoms. The van der Waals surface area contributed by atoms with Crippen molar-refractivity contribution in [2.45, 2.75) is 6.92 Å². The van der Waals surface area contributed by atoms with E-state index in [-0.39, 0.29) is 16.3 Å². The quantitative estimate of drug-likeness (QED) is 0.802. The molecule has 0 aliphatic rings. The van der Waals surface area contributed by atoms with Gasteiger partial charge in [0.1, 0.15) is 5.56 Å². The molecule has 0 saturated carbocycles. The number of carboxylic acid groups (broad SMARTS) is 1. The van der Waals surface area contributed by atoms with Crippen molar-refractivity contribution in [3.05, 3.63) is 58.6 Å². The second kappa shape index (κ2) is 6.28. The molecule has 0 spiro atoms. The lowest BCUT2D eigenvalue weighted by Gasteiger charge is -2.11. The molecule has 0 unspecified atom stereocenters. The third-order valence-electron chi connectivity index (χ3n) is 2.79. The average molecular weight is 305 g/mol. The van der Waals surface area contributed by atoms with E-state index >= 15 is 0 Å². The first-order valence-electron chi connectivity index (χ1n) is 6.14. The molecular formula is C15H13ClN2O3. The van der Waals surface area contributed by atoms with Crippen molar-refractivity contribution in [2.75, 3.05) is 10.6 Å². The number of carbonyl (C=O) groups is 2. The first-order chi connectivity index (χ1) is 9.97. The van der Waals surface area contributed by atoms with Crippen LogP contribution in [0.25, 0.3) is 0 Å². The van der Waals surface area contributed by atoms with Crippen molar-refractivity contribution in [3.63, 3.8) is 0 Å². The van der Waals surface area contributed by atoms with E-state index in [4.69, 9.17) is 16.7 Å². The third-order valence-corrected chi connectivity index (χ3v) is 3.10. The fourth-order valence-corrected chi connectivity index (χ4v) is 2.02. The number of hydrogen-bond acceptors (Lipinski definition) is 2. The van der Waals surface area contributed by atoms with Gasteiger partial charge in [0, 0.05) is 5.69 Å². The van der Waals surface area contributed by atoms with Crippen LogP contribution >= 0.6 is 11.6 Å². The van der Waals surface area contributed by atoms with Gasteiger partial charge in [0.15, 0.2) is 0 Å². The minimum atomic E-state index is -1.20. The number of anilines is 2. The number of aryl methyl sites for hydroxylation is 1.